The molecular weight excluding hydrogens is 439 g/mol. The van der Waals surface area contributed by atoms with Gasteiger partial charge in [-0.05, 0) is 37.6 Å². The number of nitrogens with one attached hydrogen (secondary N) is 1. The van der Waals surface area contributed by atoms with Gasteiger partial charge in [0.05, 0.1) is 18.8 Å². The largest absolute Gasteiger partial charge is 0.465 e. The van der Waals surface area contributed by atoms with Gasteiger partial charge in [-0.15, -0.1) is 0 Å². The first-order chi connectivity index (χ1) is 15.8. The highest BCUT2D eigenvalue weighted by atomic mass is 19.3. The fourth-order valence-corrected chi connectivity index (χ4v) is 2.58. The Bertz CT molecular complexity index is 1090. The van der Waals surface area contributed by atoms with Crippen LogP contribution in [0.1, 0.15) is 25.2 Å². The van der Waals surface area contributed by atoms with Crippen molar-refractivity contribution >= 4 is 11.8 Å². The Kier molecular flexibility index (Phi) is 9.52. The van der Waals surface area contributed by atoms with Gasteiger partial charge < -0.3 is 10.1 Å². The summed E-state index contributed by atoms with van der Waals surface area (Å²) in [5.74, 6) is -4.37. The Hall–Kier alpha value is -3.76. The number of nitrogens with zero attached hydrogens (tertiary/aromatic N) is 4. The van der Waals surface area contributed by atoms with Gasteiger partial charge in [0, 0.05) is 24.8 Å². The summed E-state index contributed by atoms with van der Waals surface area (Å²) >= 11 is 0. The molecule has 176 valence electrons. The molecule has 1 N–H and O–H groups in total. The van der Waals surface area contributed by atoms with E-state index < -0.39 is 29.7 Å². The quantitative estimate of drug-likeness (QED) is 0.512. The number of halogens is 3. The third-order valence-corrected chi connectivity index (χ3v) is 4.21. The molecule has 33 heavy (non-hydrogen) atoms. The molecule has 0 radical (unpaired) electrons. The molecule has 8 nitrogen and oxygen atoms in total. The highest BCUT2D eigenvalue weighted by Gasteiger charge is 2.33. The first-order valence-corrected chi connectivity index (χ1v) is 10.1. The average molecular weight is 463 g/mol. The molecule has 0 bridgehead atoms. The van der Waals surface area contributed by atoms with E-state index in [9.17, 15) is 22.8 Å². The lowest BCUT2D eigenvalue weighted by Gasteiger charge is -2.16. The molecule has 0 amide bonds. The summed E-state index contributed by atoms with van der Waals surface area (Å²) in [5, 5.41) is 2.31. The van der Waals surface area contributed by atoms with E-state index >= 15 is 0 Å². The van der Waals surface area contributed by atoms with Gasteiger partial charge in [0.15, 0.2) is 5.82 Å². The summed E-state index contributed by atoms with van der Waals surface area (Å²) < 4.78 is 46.4. The van der Waals surface area contributed by atoms with Crippen molar-refractivity contribution in [2.45, 2.75) is 32.7 Å². The molecule has 0 aliphatic rings. The molecule has 0 saturated carbocycles. The third-order valence-electron chi connectivity index (χ3n) is 4.21. The van der Waals surface area contributed by atoms with E-state index in [0.717, 1.165) is 4.57 Å². The van der Waals surface area contributed by atoms with E-state index in [1.807, 2.05) is 6.92 Å². The minimum absolute atomic E-state index is 0.181. The zero-order valence-corrected chi connectivity index (χ0v) is 18.2. The van der Waals surface area contributed by atoms with Crippen LogP contribution in [0.5, 0.6) is 0 Å². The van der Waals surface area contributed by atoms with Gasteiger partial charge in [0.25, 0.3) is 5.56 Å². The standard InChI is InChI=1S/C15H16F2N4O3.C7H8FN/c1-2-24-12(22)9-21-8-7-19-13(14(21)23)20-10-15(16,17)11-5-3-4-6-18-11;1-2-7-6(8)4-3-5-9-7/h3-8H,2,9-10H2,1H3,(H,19,20);3-5H,2H2,1H3. The molecule has 0 aromatic carbocycles. The maximum atomic E-state index is 14.0. The summed E-state index contributed by atoms with van der Waals surface area (Å²) in [6.07, 6.45) is 6.04. The summed E-state index contributed by atoms with van der Waals surface area (Å²) in [6.45, 7) is 2.53. The molecule has 0 atom stereocenters. The molecule has 0 aliphatic carbocycles. The minimum Gasteiger partial charge on any atom is -0.465 e. The number of aromatic nitrogens is 4. The van der Waals surface area contributed by atoms with Crippen LogP contribution in [0.3, 0.4) is 0 Å². The number of rotatable bonds is 8. The van der Waals surface area contributed by atoms with Gasteiger partial charge in [-0.3, -0.25) is 24.1 Å². The fourth-order valence-electron chi connectivity index (χ4n) is 2.58. The SMILES string of the molecule is CCOC(=O)Cn1ccnc(NCC(F)(F)c2ccccn2)c1=O.CCc1ncccc1F. The van der Waals surface area contributed by atoms with E-state index in [4.69, 9.17) is 4.74 Å². The Morgan fingerprint density at radius 1 is 1.09 bits per heavy atom. The van der Waals surface area contributed by atoms with Crippen LogP contribution in [0.2, 0.25) is 0 Å². The zero-order chi connectivity index (χ0) is 24.3. The predicted molar refractivity (Wildman–Crippen MR) is 115 cm³/mol. The second kappa shape index (κ2) is 12.3. The lowest BCUT2D eigenvalue weighted by atomic mass is 10.2. The Morgan fingerprint density at radius 3 is 2.45 bits per heavy atom. The molecule has 0 aliphatic heterocycles. The van der Waals surface area contributed by atoms with Gasteiger partial charge in [-0.1, -0.05) is 13.0 Å². The number of hydrogen-bond acceptors (Lipinski definition) is 7. The first kappa shape index (κ1) is 25.5. The van der Waals surface area contributed by atoms with E-state index in [2.05, 4.69) is 20.3 Å². The van der Waals surface area contributed by atoms with Crippen LogP contribution in [-0.4, -0.2) is 38.6 Å². The summed E-state index contributed by atoms with van der Waals surface area (Å²) in [7, 11) is 0. The zero-order valence-electron chi connectivity index (χ0n) is 18.2. The van der Waals surface area contributed by atoms with Crippen LogP contribution >= 0.6 is 0 Å². The van der Waals surface area contributed by atoms with E-state index in [1.165, 1.54) is 42.9 Å². The van der Waals surface area contributed by atoms with Crippen LogP contribution in [0.15, 0.2) is 59.9 Å². The number of ether oxygens (including phenoxy) is 1. The van der Waals surface area contributed by atoms with Gasteiger partial charge >= 0.3 is 11.9 Å². The Balaban J connectivity index is 0.000000357. The van der Waals surface area contributed by atoms with Gasteiger partial charge in [-0.2, -0.15) is 8.78 Å². The molecular formula is C22H24F3N5O3. The number of anilines is 1. The topological polar surface area (TPSA) is 99.0 Å². The van der Waals surface area contributed by atoms with Crippen LogP contribution < -0.4 is 10.9 Å². The number of carbonyl (C=O) groups is 1. The number of carbonyl (C=O) groups excluding carboxylic acids is 1. The normalized spacial score (nSPS) is 10.7. The van der Waals surface area contributed by atoms with Gasteiger partial charge in [0.2, 0.25) is 0 Å². The molecule has 0 spiro atoms. The van der Waals surface area contributed by atoms with Gasteiger partial charge in [0.1, 0.15) is 18.1 Å². The van der Waals surface area contributed by atoms with Crippen molar-refractivity contribution in [3.05, 3.63) is 82.7 Å². The molecule has 0 saturated heterocycles. The van der Waals surface area contributed by atoms with E-state index in [1.54, 1.807) is 19.2 Å². The van der Waals surface area contributed by atoms with Crippen molar-refractivity contribution < 1.29 is 22.7 Å². The Morgan fingerprint density at radius 2 is 1.85 bits per heavy atom. The summed E-state index contributed by atoms with van der Waals surface area (Å²) in [6, 6.07) is 7.18. The van der Waals surface area contributed by atoms with Crippen molar-refractivity contribution in [3.63, 3.8) is 0 Å². The van der Waals surface area contributed by atoms with Crippen molar-refractivity contribution in [1.82, 2.24) is 19.5 Å². The van der Waals surface area contributed by atoms with E-state index in [0.29, 0.717) is 12.1 Å². The third kappa shape index (κ3) is 7.70. The number of aryl methyl sites for hydroxylation is 1. The summed E-state index contributed by atoms with van der Waals surface area (Å²) in [5.41, 5.74) is -0.569. The number of alkyl halides is 2. The maximum Gasteiger partial charge on any atom is 0.326 e. The van der Waals surface area contributed by atoms with Crippen LogP contribution in [0.4, 0.5) is 19.0 Å². The number of esters is 1. The smallest absolute Gasteiger partial charge is 0.326 e. The Labute approximate surface area is 188 Å². The van der Waals surface area contributed by atoms with Crippen molar-refractivity contribution in [2.75, 3.05) is 18.5 Å². The number of hydrogen-bond donors (Lipinski definition) is 1. The molecule has 3 aromatic rings. The molecule has 3 rings (SSSR count). The minimum atomic E-state index is -3.28. The second-order valence-corrected chi connectivity index (χ2v) is 6.57. The van der Waals surface area contributed by atoms with Gasteiger partial charge in [-0.25, -0.2) is 9.37 Å². The first-order valence-electron chi connectivity index (χ1n) is 10.1. The lowest BCUT2D eigenvalue weighted by Crippen LogP contribution is -2.32. The average Bonchev–Trinajstić information content (AvgIpc) is 2.81. The van der Waals surface area contributed by atoms with Crippen molar-refractivity contribution in [1.29, 1.82) is 0 Å². The molecule has 0 unspecified atom stereocenters. The highest BCUT2D eigenvalue weighted by Crippen LogP contribution is 2.25. The molecule has 0 fully saturated rings. The van der Waals surface area contributed by atoms with Crippen molar-refractivity contribution in [3.8, 4) is 0 Å². The lowest BCUT2D eigenvalue weighted by molar-refractivity contribution is -0.143. The number of pyridine rings is 2. The van der Waals surface area contributed by atoms with Crippen LogP contribution in [0, 0.1) is 5.82 Å². The predicted octanol–water partition coefficient (Wildman–Crippen LogP) is 3.19. The van der Waals surface area contributed by atoms with Crippen molar-refractivity contribution in [2.24, 2.45) is 0 Å². The highest BCUT2D eigenvalue weighted by molar-refractivity contribution is 5.69. The molecule has 3 heterocycles. The summed E-state index contributed by atoms with van der Waals surface area (Å²) in [4.78, 5) is 34.7. The van der Waals surface area contributed by atoms with Crippen LogP contribution in [-0.2, 0) is 28.4 Å². The maximum absolute atomic E-state index is 14.0. The van der Waals surface area contributed by atoms with E-state index in [-0.39, 0.29) is 24.8 Å². The second-order valence-electron chi connectivity index (χ2n) is 6.57. The fraction of sp³-hybridized carbons (Fsp3) is 0.318. The molecule has 3 aromatic heterocycles. The monoisotopic (exact) mass is 463 g/mol. The van der Waals surface area contributed by atoms with Crippen LogP contribution in [0.25, 0.3) is 0 Å². The molecule has 11 heteroatoms.